The molecule has 6 heteroatoms. The minimum Gasteiger partial charge on any atom is -0.457 e. The third-order valence-corrected chi connectivity index (χ3v) is 1.55. The summed E-state index contributed by atoms with van der Waals surface area (Å²) in [5.41, 5.74) is 2.99. The first-order valence-electron chi connectivity index (χ1n) is 5.79. The molecule has 0 aliphatic rings. The molecular weight excluding hydrogens is 250 g/mol. The first kappa shape index (κ1) is 17.2. The van der Waals surface area contributed by atoms with Gasteiger partial charge in [-0.15, -0.1) is 0 Å². The number of ether oxygens (including phenoxy) is 2. The van der Waals surface area contributed by atoms with Crippen LogP contribution in [0.5, 0.6) is 0 Å². The molecule has 2 N–H and O–H groups in total. The van der Waals surface area contributed by atoms with Crippen molar-refractivity contribution in [1.82, 2.24) is 0 Å². The molecule has 0 fully saturated rings. The largest absolute Gasteiger partial charge is 0.457 e. The van der Waals surface area contributed by atoms with Gasteiger partial charge in [0.1, 0.15) is 16.8 Å². The number of hydrogen-bond donors (Lipinski definition) is 1. The molecule has 0 spiro atoms. The molecule has 0 saturated heterocycles. The van der Waals surface area contributed by atoms with E-state index in [0.717, 1.165) is 6.08 Å². The lowest BCUT2D eigenvalue weighted by molar-refractivity contribution is -0.153. The number of carbonyl (C=O) groups excluding carboxylic acids is 3. The summed E-state index contributed by atoms with van der Waals surface area (Å²) in [6.45, 7) is 9.90. The van der Waals surface area contributed by atoms with E-state index >= 15 is 0 Å². The Balaban J connectivity index is 5.08. The maximum absolute atomic E-state index is 11.7. The van der Waals surface area contributed by atoms with Gasteiger partial charge in [-0.1, -0.05) is 0 Å². The SMILES string of the molecule is CC(C)(C)OC(=O)C=C(C(N)=O)C(=O)OC(C)(C)C. The molecule has 0 atom stereocenters. The molecule has 0 aromatic carbocycles. The monoisotopic (exact) mass is 271 g/mol. The van der Waals surface area contributed by atoms with Crippen molar-refractivity contribution in [2.24, 2.45) is 5.73 Å². The fourth-order valence-corrected chi connectivity index (χ4v) is 1.01. The van der Waals surface area contributed by atoms with Gasteiger partial charge in [-0.05, 0) is 41.5 Å². The molecule has 0 radical (unpaired) electrons. The van der Waals surface area contributed by atoms with E-state index in [0.29, 0.717) is 0 Å². The van der Waals surface area contributed by atoms with Gasteiger partial charge in [0.2, 0.25) is 0 Å². The lowest BCUT2D eigenvalue weighted by Crippen LogP contribution is -2.31. The molecule has 1 amide bonds. The van der Waals surface area contributed by atoms with Gasteiger partial charge in [0, 0.05) is 6.08 Å². The van der Waals surface area contributed by atoms with Gasteiger partial charge >= 0.3 is 11.9 Å². The molecule has 0 aliphatic heterocycles. The Bertz CT molecular complexity index is 410. The number of amides is 1. The molecule has 0 bridgehead atoms. The first-order chi connectivity index (χ1) is 8.32. The maximum Gasteiger partial charge on any atom is 0.344 e. The number of primary amides is 1. The van der Waals surface area contributed by atoms with Gasteiger partial charge in [0.05, 0.1) is 0 Å². The zero-order valence-electron chi connectivity index (χ0n) is 12.2. The van der Waals surface area contributed by atoms with Gasteiger partial charge in [0.25, 0.3) is 5.91 Å². The van der Waals surface area contributed by atoms with E-state index in [1.54, 1.807) is 41.5 Å². The molecule has 0 aromatic heterocycles. The molecule has 0 unspecified atom stereocenters. The highest BCUT2D eigenvalue weighted by Crippen LogP contribution is 2.12. The number of carbonyl (C=O) groups is 3. The molecule has 108 valence electrons. The summed E-state index contributed by atoms with van der Waals surface area (Å²) >= 11 is 0. The van der Waals surface area contributed by atoms with Crippen LogP contribution >= 0.6 is 0 Å². The predicted octanol–water partition coefficient (Wildman–Crippen LogP) is 1.08. The second-order valence-electron chi connectivity index (χ2n) is 5.96. The Labute approximate surface area is 112 Å². The van der Waals surface area contributed by atoms with E-state index in [1.807, 2.05) is 0 Å². The Hall–Kier alpha value is -1.85. The maximum atomic E-state index is 11.7. The number of nitrogens with two attached hydrogens (primary N) is 1. The molecule has 0 aliphatic carbocycles. The van der Waals surface area contributed by atoms with E-state index < -0.39 is 34.6 Å². The van der Waals surface area contributed by atoms with Crippen molar-refractivity contribution >= 4 is 17.8 Å². The van der Waals surface area contributed by atoms with Crippen LogP contribution in [0.4, 0.5) is 0 Å². The minimum atomic E-state index is -1.04. The first-order valence-corrected chi connectivity index (χ1v) is 5.79. The molecule has 19 heavy (non-hydrogen) atoms. The summed E-state index contributed by atoms with van der Waals surface area (Å²) in [6.07, 6.45) is 0.752. The standard InChI is InChI=1S/C13H21NO5/c1-12(2,3)18-9(15)7-8(10(14)16)11(17)19-13(4,5)6/h7H,1-6H3,(H2,14,16). The van der Waals surface area contributed by atoms with Crippen molar-refractivity contribution in [2.75, 3.05) is 0 Å². The lowest BCUT2D eigenvalue weighted by atomic mass is 10.1. The van der Waals surface area contributed by atoms with E-state index in [1.165, 1.54) is 0 Å². The molecule has 0 rings (SSSR count). The molecule has 0 saturated carbocycles. The van der Waals surface area contributed by atoms with Crippen LogP contribution in [0.15, 0.2) is 11.6 Å². The van der Waals surface area contributed by atoms with Crippen molar-refractivity contribution in [1.29, 1.82) is 0 Å². The summed E-state index contributed by atoms with van der Waals surface area (Å²) in [5.74, 6) is -2.82. The summed E-state index contributed by atoms with van der Waals surface area (Å²) in [7, 11) is 0. The normalized spacial score (nSPS) is 12.8. The van der Waals surface area contributed by atoms with Crippen molar-refractivity contribution in [2.45, 2.75) is 52.7 Å². The van der Waals surface area contributed by atoms with Crippen LogP contribution in [-0.2, 0) is 23.9 Å². The van der Waals surface area contributed by atoms with Crippen LogP contribution in [-0.4, -0.2) is 29.0 Å². The fourth-order valence-electron chi connectivity index (χ4n) is 1.01. The van der Waals surface area contributed by atoms with Gasteiger partial charge in [0.15, 0.2) is 0 Å². The summed E-state index contributed by atoms with van der Waals surface area (Å²) < 4.78 is 9.94. The summed E-state index contributed by atoms with van der Waals surface area (Å²) in [4.78, 5) is 34.4. The second-order valence-corrected chi connectivity index (χ2v) is 5.96. The predicted molar refractivity (Wildman–Crippen MR) is 69.0 cm³/mol. The van der Waals surface area contributed by atoms with Crippen molar-refractivity contribution < 1.29 is 23.9 Å². The highest BCUT2D eigenvalue weighted by Gasteiger charge is 2.25. The van der Waals surface area contributed by atoms with Crippen molar-refractivity contribution in [3.05, 3.63) is 11.6 Å². The lowest BCUT2D eigenvalue weighted by Gasteiger charge is -2.20. The Morgan fingerprint density at radius 2 is 1.32 bits per heavy atom. The molecule has 0 heterocycles. The summed E-state index contributed by atoms with van der Waals surface area (Å²) in [5, 5.41) is 0. The van der Waals surface area contributed by atoms with Crippen LogP contribution in [0.1, 0.15) is 41.5 Å². The average molecular weight is 271 g/mol. The van der Waals surface area contributed by atoms with Gasteiger partial charge in [-0.2, -0.15) is 0 Å². The summed E-state index contributed by atoms with van der Waals surface area (Å²) in [6, 6.07) is 0. The molecule has 0 aromatic rings. The van der Waals surface area contributed by atoms with E-state index in [9.17, 15) is 14.4 Å². The molecule has 6 nitrogen and oxygen atoms in total. The average Bonchev–Trinajstić information content (AvgIpc) is 2.07. The van der Waals surface area contributed by atoms with E-state index in [-0.39, 0.29) is 0 Å². The van der Waals surface area contributed by atoms with Crippen molar-refractivity contribution in [3.8, 4) is 0 Å². The minimum absolute atomic E-state index is 0.538. The Morgan fingerprint density at radius 3 is 1.63 bits per heavy atom. The van der Waals surface area contributed by atoms with Crippen molar-refractivity contribution in [3.63, 3.8) is 0 Å². The highest BCUT2D eigenvalue weighted by molar-refractivity contribution is 6.18. The van der Waals surface area contributed by atoms with Gasteiger partial charge in [-0.25, -0.2) is 9.59 Å². The number of hydrogen-bond acceptors (Lipinski definition) is 5. The zero-order chi connectivity index (χ0) is 15.4. The second kappa shape index (κ2) is 5.86. The fraction of sp³-hybridized carbons (Fsp3) is 0.615. The van der Waals surface area contributed by atoms with Crippen LogP contribution in [0.2, 0.25) is 0 Å². The number of esters is 2. The van der Waals surface area contributed by atoms with Crippen LogP contribution in [0.25, 0.3) is 0 Å². The third-order valence-electron chi connectivity index (χ3n) is 1.55. The van der Waals surface area contributed by atoms with E-state index in [2.05, 4.69) is 0 Å². The van der Waals surface area contributed by atoms with Crippen LogP contribution in [0, 0.1) is 0 Å². The third kappa shape index (κ3) is 7.96. The van der Waals surface area contributed by atoms with Crippen LogP contribution in [0.3, 0.4) is 0 Å². The molecular formula is C13H21NO5. The quantitative estimate of drug-likeness (QED) is 0.358. The van der Waals surface area contributed by atoms with Gasteiger partial charge in [-0.3, -0.25) is 4.79 Å². The van der Waals surface area contributed by atoms with E-state index in [4.69, 9.17) is 15.2 Å². The zero-order valence-corrected chi connectivity index (χ0v) is 12.2. The highest BCUT2D eigenvalue weighted by atomic mass is 16.6. The van der Waals surface area contributed by atoms with Gasteiger partial charge < -0.3 is 15.2 Å². The van der Waals surface area contributed by atoms with Crippen LogP contribution < -0.4 is 5.73 Å². The number of rotatable bonds is 3. The Kier molecular flexibility index (Phi) is 5.29. The Morgan fingerprint density at radius 1 is 0.895 bits per heavy atom. The smallest absolute Gasteiger partial charge is 0.344 e. The topological polar surface area (TPSA) is 95.7 Å².